The number of aromatic nitrogens is 1. The predicted octanol–water partition coefficient (Wildman–Crippen LogP) is 4.34. The number of halogens is 2. The van der Waals surface area contributed by atoms with Crippen LogP contribution < -0.4 is 0 Å². The molecule has 2 aromatic carbocycles. The molecule has 0 aliphatic rings. The van der Waals surface area contributed by atoms with Crippen LogP contribution in [0.3, 0.4) is 0 Å². The van der Waals surface area contributed by atoms with Crippen molar-refractivity contribution in [1.29, 1.82) is 0 Å². The molecule has 0 saturated carbocycles. The van der Waals surface area contributed by atoms with Crippen molar-refractivity contribution in [3.63, 3.8) is 0 Å². The second kappa shape index (κ2) is 5.83. The zero-order valence-corrected chi connectivity index (χ0v) is 13.8. The second-order valence-electron chi connectivity index (χ2n) is 5.16. The summed E-state index contributed by atoms with van der Waals surface area (Å²) >= 11 is 5.85. The SMILES string of the molecule is CS(=O)(=O)c1ccc(-c2cccn2-c2ccc(F)c(Cl)c2)cc1. The molecule has 0 spiro atoms. The molecule has 0 saturated heterocycles. The Labute approximate surface area is 138 Å². The largest absolute Gasteiger partial charge is 0.317 e. The predicted molar refractivity (Wildman–Crippen MR) is 89.3 cm³/mol. The van der Waals surface area contributed by atoms with E-state index < -0.39 is 15.7 Å². The Balaban J connectivity index is 2.05. The van der Waals surface area contributed by atoms with Crippen molar-refractivity contribution in [2.45, 2.75) is 4.90 Å². The third kappa shape index (κ3) is 3.16. The summed E-state index contributed by atoms with van der Waals surface area (Å²) in [6.45, 7) is 0. The molecule has 0 amide bonds. The molecule has 3 nitrogen and oxygen atoms in total. The first kappa shape index (κ1) is 15.8. The van der Waals surface area contributed by atoms with Crippen LogP contribution in [0, 0.1) is 5.82 Å². The maximum Gasteiger partial charge on any atom is 0.175 e. The second-order valence-corrected chi connectivity index (χ2v) is 7.58. The van der Waals surface area contributed by atoms with E-state index in [2.05, 4.69) is 0 Å². The highest BCUT2D eigenvalue weighted by atomic mass is 35.5. The standard InChI is InChI=1S/C17H13ClFNO2S/c1-23(21,22)14-7-4-12(5-8-14)17-3-2-10-20(17)13-6-9-16(19)15(18)11-13/h2-11H,1H3. The highest BCUT2D eigenvalue weighted by molar-refractivity contribution is 7.90. The Kier molecular flexibility index (Phi) is 4.00. The average molecular weight is 350 g/mol. The Hall–Kier alpha value is -2.11. The van der Waals surface area contributed by atoms with Gasteiger partial charge in [-0.05, 0) is 48.0 Å². The molecule has 6 heteroatoms. The van der Waals surface area contributed by atoms with Crippen LogP contribution in [0.15, 0.2) is 65.7 Å². The molecule has 23 heavy (non-hydrogen) atoms. The minimum Gasteiger partial charge on any atom is -0.317 e. The lowest BCUT2D eigenvalue weighted by molar-refractivity contribution is 0.602. The van der Waals surface area contributed by atoms with E-state index in [0.717, 1.165) is 16.9 Å². The highest BCUT2D eigenvalue weighted by Gasteiger charge is 2.10. The molecular formula is C17H13ClFNO2S. The van der Waals surface area contributed by atoms with Gasteiger partial charge in [-0.25, -0.2) is 12.8 Å². The molecule has 1 aromatic heterocycles. The summed E-state index contributed by atoms with van der Waals surface area (Å²) in [5.74, 6) is -0.471. The summed E-state index contributed by atoms with van der Waals surface area (Å²) in [6.07, 6.45) is 3.01. The molecule has 0 N–H and O–H groups in total. The lowest BCUT2D eigenvalue weighted by atomic mass is 10.1. The van der Waals surface area contributed by atoms with Gasteiger partial charge in [0.2, 0.25) is 0 Å². The summed E-state index contributed by atoms with van der Waals surface area (Å²) in [4.78, 5) is 0.268. The molecule has 0 radical (unpaired) electrons. The van der Waals surface area contributed by atoms with Gasteiger partial charge >= 0.3 is 0 Å². The lowest BCUT2D eigenvalue weighted by Crippen LogP contribution is -1.98. The Morgan fingerprint density at radius 1 is 1.04 bits per heavy atom. The molecule has 118 valence electrons. The zero-order chi connectivity index (χ0) is 16.6. The van der Waals surface area contributed by atoms with Gasteiger partial charge in [-0.2, -0.15) is 0 Å². The molecule has 0 bridgehead atoms. The number of hydrogen-bond donors (Lipinski definition) is 0. The summed E-state index contributed by atoms with van der Waals surface area (Å²) in [7, 11) is -3.23. The lowest BCUT2D eigenvalue weighted by Gasteiger charge is -2.11. The Bertz CT molecular complexity index is 963. The normalized spacial score (nSPS) is 11.6. The average Bonchev–Trinajstić information content (AvgIpc) is 2.99. The first-order valence-corrected chi connectivity index (χ1v) is 9.06. The minimum absolute atomic E-state index is 0.0505. The van der Waals surface area contributed by atoms with Gasteiger partial charge in [0.1, 0.15) is 5.82 Å². The monoisotopic (exact) mass is 349 g/mol. The topological polar surface area (TPSA) is 39.1 Å². The van der Waals surface area contributed by atoms with Gasteiger partial charge in [-0.15, -0.1) is 0 Å². The van der Waals surface area contributed by atoms with Crippen LogP contribution in [0.5, 0.6) is 0 Å². The summed E-state index contributed by atoms with van der Waals surface area (Å²) in [6, 6.07) is 14.9. The fourth-order valence-electron chi connectivity index (χ4n) is 2.35. The summed E-state index contributed by atoms with van der Waals surface area (Å²) in [5, 5.41) is 0.0505. The smallest absolute Gasteiger partial charge is 0.175 e. The van der Waals surface area contributed by atoms with E-state index in [4.69, 9.17) is 11.6 Å². The van der Waals surface area contributed by atoms with Crippen molar-refractivity contribution in [3.05, 3.63) is 71.6 Å². The van der Waals surface area contributed by atoms with E-state index in [-0.39, 0.29) is 9.92 Å². The Morgan fingerprint density at radius 3 is 2.35 bits per heavy atom. The molecule has 0 atom stereocenters. The number of hydrogen-bond acceptors (Lipinski definition) is 2. The molecule has 0 aliphatic carbocycles. The van der Waals surface area contributed by atoms with Crippen LogP contribution in [0.2, 0.25) is 5.02 Å². The van der Waals surface area contributed by atoms with E-state index in [9.17, 15) is 12.8 Å². The van der Waals surface area contributed by atoms with Crippen molar-refractivity contribution in [1.82, 2.24) is 4.57 Å². The van der Waals surface area contributed by atoms with Crippen LogP contribution >= 0.6 is 11.6 Å². The Morgan fingerprint density at radius 2 is 1.74 bits per heavy atom. The fraction of sp³-hybridized carbons (Fsp3) is 0.0588. The van der Waals surface area contributed by atoms with Crippen molar-refractivity contribution >= 4 is 21.4 Å². The number of rotatable bonds is 3. The molecule has 1 heterocycles. The quantitative estimate of drug-likeness (QED) is 0.705. The minimum atomic E-state index is -3.23. The van der Waals surface area contributed by atoms with E-state index in [0.29, 0.717) is 0 Å². The van der Waals surface area contributed by atoms with Crippen LogP contribution in [0.25, 0.3) is 16.9 Å². The van der Waals surface area contributed by atoms with E-state index in [1.54, 1.807) is 36.4 Å². The van der Waals surface area contributed by atoms with Gasteiger partial charge in [0, 0.05) is 18.1 Å². The molecular weight excluding hydrogens is 337 g/mol. The maximum atomic E-state index is 13.3. The van der Waals surface area contributed by atoms with Gasteiger partial charge in [0.05, 0.1) is 15.6 Å². The third-order valence-electron chi connectivity index (χ3n) is 3.51. The van der Waals surface area contributed by atoms with Crippen LogP contribution in [0.4, 0.5) is 4.39 Å². The molecule has 0 fully saturated rings. The molecule has 0 aliphatic heterocycles. The maximum absolute atomic E-state index is 13.3. The van der Waals surface area contributed by atoms with Gasteiger partial charge in [0.15, 0.2) is 9.84 Å². The van der Waals surface area contributed by atoms with Crippen LogP contribution in [0.1, 0.15) is 0 Å². The van der Waals surface area contributed by atoms with Gasteiger partial charge in [-0.3, -0.25) is 0 Å². The fourth-order valence-corrected chi connectivity index (χ4v) is 3.15. The van der Waals surface area contributed by atoms with E-state index >= 15 is 0 Å². The van der Waals surface area contributed by atoms with Crippen molar-refractivity contribution in [3.8, 4) is 16.9 Å². The van der Waals surface area contributed by atoms with Crippen molar-refractivity contribution in [2.75, 3.05) is 6.26 Å². The zero-order valence-electron chi connectivity index (χ0n) is 12.2. The molecule has 3 aromatic rings. The third-order valence-corrected chi connectivity index (χ3v) is 4.93. The summed E-state index contributed by atoms with van der Waals surface area (Å²) in [5.41, 5.74) is 2.43. The van der Waals surface area contributed by atoms with Gasteiger partial charge in [0.25, 0.3) is 0 Å². The van der Waals surface area contributed by atoms with Gasteiger partial charge in [-0.1, -0.05) is 23.7 Å². The van der Waals surface area contributed by atoms with Crippen LogP contribution in [-0.4, -0.2) is 19.2 Å². The molecule has 0 unspecified atom stereocenters. The van der Waals surface area contributed by atoms with E-state index in [1.807, 2.05) is 22.9 Å². The number of benzene rings is 2. The first-order chi connectivity index (χ1) is 10.9. The van der Waals surface area contributed by atoms with Crippen molar-refractivity contribution < 1.29 is 12.8 Å². The number of sulfone groups is 1. The first-order valence-electron chi connectivity index (χ1n) is 6.79. The summed E-state index contributed by atoms with van der Waals surface area (Å²) < 4.78 is 38.3. The van der Waals surface area contributed by atoms with E-state index in [1.165, 1.54) is 12.3 Å². The highest BCUT2D eigenvalue weighted by Crippen LogP contribution is 2.27. The number of nitrogens with zero attached hydrogens (tertiary/aromatic N) is 1. The molecule has 3 rings (SSSR count). The van der Waals surface area contributed by atoms with Crippen LogP contribution in [-0.2, 0) is 9.84 Å². The van der Waals surface area contributed by atoms with Crippen molar-refractivity contribution in [2.24, 2.45) is 0 Å². The van der Waals surface area contributed by atoms with Gasteiger partial charge < -0.3 is 4.57 Å².